The van der Waals surface area contributed by atoms with Crippen LogP contribution in [0.4, 0.5) is 5.69 Å². The van der Waals surface area contributed by atoms with Crippen LogP contribution in [-0.2, 0) is 18.3 Å². The van der Waals surface area contributed by atoms with Crippen molar-refractivity contribution in [3.8, 4) is 0 Å². The normalized spacial score (nSPS) is 11.9. The molecule has 0 aliphatic heterocycles. The van der Waals surface area contributed by atoms with E-state index in [4.69, 9.17) is 0 Å². The summed E-state index contributed by atoms with van der Waals surface area (Å²) >= 11 is 1.48. The van der Waals surface area contributed by atoms with E-state index in [2.05, 4.69) is 31.0 Å². The molecule has 1 amide bonds. The van der Waals surface area contributed by atoms with E-state index in [0.717, 1.165) is 10.2 Å². The Hall–Kier alpha value is -2.80. The third-order valence-corrected chi connectivity index (χ3v) is 5.24. The van der Waals surface area contributed by atoms with Gasteiger partial charge in [-0.25, -0.2) is 0 Å². The summed E-state index contributed by atoms with van der Waals surface area (Å²) in [4.78, 5) is 27.3. The maximum atomic E-state index is 12.3. The molecule has 6 nitrogen and oxygen atoms in total. The second-order valence-corrected chi connectivity index (χ2v) is 6.96. The fourth-order valence-electron chi connectivity index (χ4n) is 2.54. The van der Waals surface area contributed by atoms with E-state index >= 15 is 0 Å². The number of rotatable bonds is 3. The SMILES string of the molecule is Cc1cc2sc(=NC(=O)Cc3ccc([N+](=O)[O-])cc3)n(C)c2cc1C. The van der Waals surface area contributed by atoms with Crippen LogP contribution < -0.4 is 4.80 Å². The van der Waals surface area contributed by atoms with Crippen molar-refractivity contribution in [3.63, 3.8) is 0 Å². The molecule has 0 fully saturated rings. The number of fused-ring (bicyclic) bond motifs is 1. The predicted molar refractivity (Wildman–Crippen MR) is 97.6 cm³/mol. The monoisotopic (exact) mass is 355 g/mol. The highest BCUT2D eigenvalue weighted by atomic mass is 32.1. The zero-order valence-electron chi connectivity index (χ0n) is 14.1. The number of carbonyl (C=O) groups is 1. The van der Waals surface area contributed by atoms with Gasteiger partial charge < -0.3 is 4.57 Å². The Morgan fingerprint density at radius 3 is 2.48 bits per heavy atom. The standard InChI is InChI=1S/C18H17N3O3S/c1-11-8-15-16(9-12(11)2)25-18(20(15)3)19-17(22)10-13-4-6-14(7-5-13)21(23)24/h4-9H,10H2,1-3H3. The summed E-state index contributed by atoms with van der Waals surface area (Å²) < 4.78 is 3.01. The number of benzene rings is 2. The number of non-ortho nitro benzene ring substituents is 1. The van der Waals surface area contributed by atoms with E-state index in [1.807, 2.05) is 11.6 Å². The first-order chi connectivity index (χ1) is 11.8. The fraction of sp³-hybridized carbons (Fsp3) is 0.222. The molecule has 0 aliphatic rings. The summed E-state index contributed by atoms with van der Waals surface area (Å²) in [6.07, 6.45) is 0.115. The van der Waals surface area contributed by atoms with Crippen LogP contribution in [0.1, 0.15) is 16.7 Å². The number of amides is 1. The Kier molecular flexibility index (Phi) is 4.50. The molecule has 0 aliphatic carbocycles. The van der Waals surface area contributed by atoms with Gasteiger partial charge in [-0.15, -0.1) is 0 Å². The maximum Gasteiger partial charge on any atom is 0.269 e. The van der Waals surface area contributed by atoms with E-state index in [-0.39, 0.29) is 18.0 Å². The lowest BCUT2D eigenvalue weighted by atomic mass is 10.1. The molecule has 128 valence electrons. The Balaban J connectivity index is 1.89. The molecule has 0 radical (unpaired) electrons. The van der Waals surface area contributed by atoms with Crippen LogP contribution in [-0.4, -0.2) is 15.4 Å². The van der Waals surface area contributed by atoms with Crippen LogP contribution in [0.5, 0.6) is 0 Å². The number of nitro groups is 1. The third kappa shape index (κ3) is 3.51. The van der Waals surface area contributed by atoms with Crippen molar-refractivity contribution in [1.29, 1.82) is 0 Å². The minimum Gasteiger partial charge on any atom is -0.319 e. The van der Waals surface area contributed by atoms with Crippen LogP contribution in [0.2, 0.25) is 0 Å². The van der Waals surface area contributed by atoms with Gasteiger partial charge in [0.1, 0.15) is 0 Å². The smallest absolute Gasteiger partial charge is 0.269 e. The van der Waals surface area contributed by atoms with E-state index in [9.17, 15) is 14.9 Å². The second kappa shape index (κ2) is 6.60. The average Bonchev–Trinajstić information content (AvgIpc) is 2.84. The van der Waals surface area contributed by atoms with Crippen LogP contribution in [0, 0.1) is 24.0 Å². The predicted octanol–water partition coefficient (Wildman–Crippen LogP) is 3.43. The van der Waals surface area contributed by atoms with Gasteiger partial charge in [-0.3, -0.25) is 14.9 Å². The van der Waals surface area contributed by atoms with E-state index < -0.39 is 4.92 Å². The van der Waals surface area contributed by atoms with Crippen molar-refractivity contribution in [2.45, 2.75) is 20.3 Å². The number of hydrogen-bond acceptors (Lipinski definition) is 4. The topological polar surface area (TPSA) is 77.5 Å². The van der Waals surface area contributed by atoms with Crippen molar-refractivity contribution in [2.24, 2.45) is 12.0 Å². The van der Waals surface area contributed by atoms with Crippen molar-refractivity contribution >= 4 is 33.1 Å². The lowest BCUT2D eigenvalue weighted by Gasteiger charge is -2.01. The van der Waals surface area contributed by atoms with Crippen molar-refractivity contribution in [1.82, 2.24) is 4.57 Å². The highest BCUT2D eigenvalue weighted by Gasteiger charge is 2.09. The molecule has 0 bridgehead atoms. The van der Waals surface area contributed by atoms with Gasteiger partial charge in [0.15, 0.2) is 4.80 Å². The maximum absolute atomic E-state index is 12.3. The van der Waals surface area contributed by atoms with Gasteiger partial charge in [0.05, 0.1) is 21.6 Å². The second-order valence-electron chi connectivity index (χ2n) is 5.95. The highest BCUT2D eigenvalue weighted by molar-refractivity contribution is 7.16. The van der Waals surface area contributed by atoms with E-state index in [0.29, 0.717) is 10.4 Å². The molecule has 0 saturated carbocycles. The molecule has 7 heteroatoms. The number of aryl methyl sites for hydroxylation is 3. The number of nitro benzene ring substituents is 1. The lowest BCUT2D eigenvalue weighted by molar-refractivity contribution is -0.384. The van der Waals surface area contributed by atoms with E-state index in [1.54, 1.807) is 12.1 Å². The minimum absolute atomic E-state index is 0.00906. The molecule has 0 spiro atoms. The minimum atomic E-state index is -0.461. The van der Waals surface area contributed by atoms with Gasteiger partial charge in [-0.2, -0.15) is 4.99 Å². The average molecular weight is 355 g/mol. The van der Waals surface area contributed by atoms with Crippen LogP contribution in [0.15, 0.2) is 41.4 Å². The zero-order valence-corrected chi connectivity index (χ0v) is 15.0. The van der Waals surface area contributed by atoms with Gasteiger partial charge in [0.25, 0.3) is 11.6 Å². The Labute approximate surface area is 148 Å². The third-order valence-electron chi connectivity index (χ3n) is 4.15. The van der Waals surface area contributed by atoms with Crippen molar-refractivity contribution in [2.75, 3.05) is 0 Å². The molecule has 0 saturated heterocycles. The number of thiazole rings is 1. The van der Waals surface area contributed by atoms with Crippen LogP contribution in [0.25, 0.3) is 10.2 Å². The first-order valence-electron chi connectivity index (χ1n) is 7.73. The summed E-state index contributed by atoms with van der Waals surface area (Å²) in [5.74, 6) is -0.274. The number of carbonyl (C=O) groups excluding carboxylic acids is 1. The van der Waals surface area contributed by atoms with Gasteiger partial charge in [-0.05, 0) is 42.7 Å². The molecular weight excluding hydrogens is 338 g/mol. The van der Waals surface area contributed by atoms with Crippen LogP contribution in [0.3, 0.4) is 0 Å². The molecule has 25 heavy (non-hydrogen) atoms. The summed E-state index contributed by atoms with van der Waals surface area (Å²) in [5.41, 5.74) is 4.17. The molecule has 0 unspecified atom stereocenters. The highest BCUT2D eigenvalue weighted by Crippen LogP contribution is 2.21. The Morgan fingerprint density at radius 1 is 1.20 bits per heavy atom. The Morgan fingerprint density at radius 2 is 1.84 bits per heavy atom. The molecule has 0 N–H and O–H groups in total. The van der Waals surface area contributed by atoms with Crippen molar-refractivity contribution in [3.05, 3.63) is 68.0 Å². The molecular formula is C18H17N3O3S. The largest absolute Gasteiger partial charge is 0.319 e. The number of aromatic nitrogens is 1. The molecule has 2 aromatic carbocycles. The summed E-state index contributed by atoms with van der Waals surface area (Å²) in [5, 5.41) is 10.7. The Bertz CT molecular complexity index is 1050. The first-order valence-corrected chi connectivity index (χ1v) is 8.54. The summed E-state index contributed by atoms with van der Waals surface area (Å²) in [7, 11) is 1.89. The van der Waals surface area contributed by atoms with Gasteiger partial charge in [0, 0.05) is 19.2 Å². The summed E-state index contributed by atoms with van der Waals surface area (Å²) in [6, 6.07) is 10.2. The van der Waals surface area contributed by atoms with Gasteiger partial charge in [-0.1, -0.05) is 23.5 Å². The van der Waals surface area contributed by atoms with Gasteiger partial charge >= 0.3 is 0 Å². The van der Waals surface area contributed by atoms with Crippen molar-refractivity contribution < 1.29 is 9.72 Å². The molecule has 1 heterocycles. The molecule has 3 rings (SSSR count). The molecule has 1 aromatic heterocycles. The van der Waals surface area contributed by atoms with Gasteiger partial charge in [0.2, 0.25) is 0 Å². The fourth-order valence-corrected chi connectivity index (χ4v) is 3.66. The summed E-state index contributed by atoms with van der Waals surface area (Å²) in [6.45, 7) is 4.12. The quantitative estimate of drug-likeness (QED) is 0.533. The number of hydrogen-bond donors (Lipinski definition) is 0. The molecule has 0 atom stereocenters. The van der Waals surface area contributed by atoms with E-state index in [1.165, 1.54) is 34.6 Å². The number of nitrogens with zero attached hydrogens (tertiary/aromatic N) is 3. The van der Waals surface area contributed by atoms with Crippen LogP contribution >= 0.6 is 11.3 Å². The first kappa shape index (κ1) is 17.0. The molecule has 3 aromatic rings. The lowest BCUT2D eigenvalue weighted by Crippen LogP contribution is -2.14. The zero-order chi connectivity index (χ0) is 18.1.